The maximum absolute atomic E-state index is 12.3. The summed E-state index contributed by atoms with van der Waals surface area (Å²) < 4.78 is 0. The number of nitrogens with zero attached hydrogens (tertiary/aromatic N) is 4. The smallest absolute Gasteiger partial charge is 0.258 e. The molecule has 0 amide bonds. The minimum absolute atomic E-state index is 0.0617. The number of nitrogens with one attached hydrogen (secondary N) is 1. The van der Waals surface area contributed by atoms with E-state index < -0.39 is 0 Å². The summed E-state index contributed by atoms with van der Waals surface area (Å²) in [5.74, 6) is 1.63. The molecule has 2 aromatic heterocycles. The maximum Gasteiger partial charge on any atom is 0.258 e. The molecule has 0 atom stereocenters. The Morgan fingerprint density at radius 3 is 2.86 bits per heavy atom. The van der Waals surface area contributed by atoms with Gasteiger partial charge in [0.2, 0.25) is 0 Å². The Kier molecular flexibility index (Phi) is 3.33. The van der Waals surface area contributed by atoms with Crippen LogP contribution >= 0.6 is 0 Å². The van der Waals surface area contributed by atoms with Crippen molar-refractivity contribution in [3.8, 4) is 0 Å². The molecule has 2 bridgehead atoms. The number of hydrogen-bond donors (Lipinski definition) is 1. The van der Waals surface area contributed by atoms with Gasteiger partial charge in [0.05, 0.1) is 17.1 Å². The zero-order valence-corrected chi connectivity index (χ0v) is 12.9. The molecule has 0 aromatic carbocycles. The molecule has 1 N–H and O–H groups in total. The molecule has 5 rings (SSSR count). The van der Waals surface area contributed by atoms with Gasteiger partial charge in [-0.25, -0.2) is 9.97 Å². The van der Waals surface area contributed by atoms with E-state index in [1.807, 2.05) is 13.0 Å². The van der Waals surface area contributed by atoms with Gasteiger partial charge in [-0.3, -0.25) is 4.79 Å². The fourth-order valence-corrected chi connectivity index (χ4v) is 3.59. The van der Waals surface area contributed by atoms with Gasteiger partial charge in [0, 0.05) is 38.6 Å². The molecule has 3 aliphatic rings. The number of hydrogen-bond acceptors (Lipinski definition) is 5. The van der Waals surface area contributed by atoms with Crippen molar-refractivity contribution in [2.45, 2.75) is 32.2 Å². The first kappa shape index (κ1) is 13.7. The van der Waals surface area contributed by atoms with Gasteiger partial charge in [-0.1, -0.05) is 6.92 Å². The number of aromatic amines is 1. The second-order valence-corrected chi connectivity index (χ2v) is 6.19. The van der Waals surface area contributed by atoms with Crippen molar-refractivity contribution >= 4 is 16.7 Å². The molecule has 6 nitrogen and oxygen atoms in total. The molecular weight excluding hydrogens is 278 g/mol. The summed E-state index contributed by atoms with van der Waals surface area (Å²) >= 11 is 0. The van der Waals surface area contributed by atoms with E-state index in [1.165, 1.54) is 25.9 Å². The Balaban J connectivity index is 1.76. The van der Waals surface area contributed by atoms with E-state index >= 15 is 0 Å². The maximum atomic E-state index is 12.3. The number of rotatable bonds is 2. The number of pyridine rings is 1. The van der Waals surface area contributed by atoms with Gasteiger partial charge < -0.3 is 14.8 Å². The monoisotopic (exact) mass is 299 g/mol. The van der Waals surface area contributed by atoms with Crippen LogP contribution in [0.2, 0.25) is 0 Å². The van der Waals surface area contributed by atoms with Crippen LogP contribution in [-0.4, -0.2) is 52.1 Å². The van der Waals surface area contributed by atoms with Crippen molar-refractivity contribution in [1.29, 1.82) is 0 Å². The predicted octanol–water partition coefficient (Wildman–Crippen LogP) is 1.16. The molecule has 22 heavy (non-hydrogen) atoms. The average molecular weight is 299 g/mol. The van der Waals surface area contributed by atoms with Crippen LogP contribution in [0.5, 0.6) is 0 Å². The van der Waals surface area contributed by atoms with E-state index in [1.54, 1.807) is 6.20 Å². The van der Waals surface area contributed by atoms with Crippen LogP contribution in [0.1, 0.15) is 25.6 Å². The van der Waals surface area contributed by atoms with Gasteiger partial charge in [0.1, 0.15) is 11.6 Å². The lowest BCUT2D eigenvalue weighted by molar-refractivity contribution is 0.250. The largest absolute Gasteiger partial charge is 0.352 e. The molecule has 116 valence electrons. The Bertz CT molecular complexity index is 748. The Morgan fingerprint density at radius 2 is 2.09 bits per heavy atom. The molecule has 0 saturated carbocycles. The summed E-state index contributed by atoms with van der Waals surface area (Å²) in [6.07, 6.45) is 4.83. The minimum Gasteiger partial charge on any atom is -0.352 e. The molecular formula is C16H21N5O. The molecule has 6 heteroatoms. The number of H-pyrrole nitrogens is 1. The highest BCUT2D eigenvalue weighted by molar-refractivity contribution is 5.79. The number of aryl methyl sites for hydroxylation is 1. The second kappa shape index (κ2) is 5.35. The van der Waals surface area contributed by atoms with E-state index in [0.717, 1.165) is 25.3 Å². The summed E-state index contributed by atoms with van der Waals surface area (Å²) in [4.78, 5) is 29.1. The van der Waals surface area contributed by atoms with Gasteiger partial charge in [0.15, 0.2) is 0 Å². The van der Waals surface area contributed by atoms with Crippen LogP contribution in [0.4, 0.5) is 5.82 Å². The van der Waals surface area contributed by atoms with E-state index in [0.29, 0.717) is 22.8 Å². The first-order valence-electron chi connectivity index (χ1n) is 8.12. The van der Waals surface area contributed by atoms with E-state index in [-0.39, 0.29) is 5.56 Å². The van der Waals surface area contributed by atoms with Crippen molar-refractivity contribution in [2.75, 3.05) is 31.1 Å². The average Bonchev–Trinajstić information content (AvgIpc) is 2.88. The lowest BCUT2D eigenvalue weighted by Crippen LogP contribution is -2.38. The van der Waals surface area contributed by atoms with Gasteiger partial charge in [-0.05, 0) is 18.9 Å². The zero-order chi connectivity index (χ0) is 15.1. The number of fused-ring (bicyclic) bond motifs is 5. The lowest BCUT2D eigenvalue weighted by Gasteiger charge is -2.32. The van der Waals surface area contributed by atoms with Gasteiger partial charge >= 0.3 is 0 Å². The SMILES string of the molecule is CCc1nc2cnc(N3CCN4CCC3CC4)cc2c(=O)[nH]1. The van der Waals surface area contributed by atoms with Crippen molar-refractivity contribution in [3.05, 3.63) is 28.4 Å². The normalized spacial score (nSPS) is 24.7. The predicted molar refractivity (Wildman–Crippen MR) is 86.3 cm³/mol. The van der Waals surface area contributed by atoms with Crippen molar-refractivity contribution in [3.63, 3.8) is 0 Å². The second-order valence-electron chi connectivity index (χ2n) is 6.19. The number of piperidine rings is 1. The highest BCUT2D eigenvalue weighted by Crippen LogP contribution is 2.26. The van der Waals surface area contributed by atoms with Gasteiger partial charge in [-0.2, -0.15) is 0 Å². The first-order valence-corrected chi connectivity index (χ1v) is 8.12. The standard InChI is InChI=1S/C16H21N5O/c1-2-14-18-13-10-17-15(9-12(13)16(22)19-14)21-8-7-20-5-3-11(21)4-6-20/h9-11H,2-8H2,1H3,(H,18,19,22). The van der Waals surface area contributed by atoms with Crippen LogP contribution in [-0.2, 0) is 6.42 Å². The Hall–Kier alpha value is -1.95. The van der Waals surface area contributed by atoms with E-state index in [2.05, 4.69) is 24.8 Å². The highest BCUT2D eigenvalue weighted by Gasteiger charge is 2.29. The van der Waals surface area contributed by atoms with Crippen LogP contribution in [0.25, 0.3) is 10.9 Å². The van der Waals surface area contributed by atoms with Crippen LogP contribution in [0.3, 0.4) is 0 Å². The van der Waals surface area contributed by atoms with Crippen molar-refractivity contribution < 1.29 is 0 Å². The molecule has 0 aliphatic carbocycles. The van der Waals surface area contributed by atoms with Crippen LogP contribution in [0, 0.1) is 0 Å². The third-order valence-corrected chi connectivity index (χ3v) is 4.91. The third-order valence-electron chi connectivity index (χ3n) is 4.91. The first-order chi connectivity index (χ1) is 10.7. The van der Waals surface area contributed by atoms with Crippen LogP contribution in [0.15, 0.2) is 17.1 Å². The molecule has 3 saturated heterocycles. The molecule has 2 aromatic rings. The Morgan fingerprint density at radius 1 is 1.27 bits per heavy atom. The lowest BCUT2D eigenvalue weighted by atomic mass is 10.1. The molecule has 3 aliphatic heterocycles. The van der Waals surface area contributed by atoms with Crippen LogP contribution < -0.4 is 10.5 Å². The van der Waals surface area contributed by atoms with Crippen molar-refractivity contribution in [2.24, 2.45) is 0 Å². The molecule has 3 fully saturated rings. The molecule has 0 radical (unpaired) electrons. The molecule has 5 heterocycles. The summed E-state index contributed by atoms with van der Waals surface area (Å²) in [5, 5.41) is 0.640. The fourth-order valence-electron chi connectivity index (χ4n) is 3.59. The summed E-state index contributed by atoms with van der Waals surface area (Å²) in [6, 6.07) is 2.46. The fraction of sp³-hybridized carbons (Fsp3) is 0.562. The highest BCUT2D eigenvalue weighted by atomic mass is 16.1. The topological polar surface area (TPSA) is 65.1 Å². The van der Waals surface area contributed by atoms with Gasteiger partial charge in [0.25, 0.3) is 5.56 Å². The number of anilines is 1. The number of aromatic nitrogens is 3. The summed E-state index contributed by atoms with van der Waals surface area (Å²) in [7, 11) is 0. The van der Waals surface area contributed by atoms with Crippen molar-refractivity contribution in [1.82, 2.24) is 19.9 Å². The van der Waals surface area contributed by atoms with Gasteiger partial charge in [-0.15, -0.1) is 0 Å². The molecule has 0 unspecified atom stereocenters. The Labute approximate surface area is 129 Å². The third kappa shape index (κ3) is 2.27. The quantitative estimate of drug-likeness (QED) is 0.901. The summed E-state index contributed by atoms with van der Waals surface area (Å²) in [5.41, 5.74) is 0.626. The zero-order valence-electron chi connectivity index (χ0n) is 12.9. The van der Waals surface area contributed by atoms with E-state index in [9.17, 15) is 4.79 Å². The minimum atomic E-state index is -0.0617. The van der Waals surface area contributed by atoms with E-state index in [4.69, 9.17) is 0 Å². The summed E-state index contributed by atoms with van der Waals surface area (Å²) in [6.45, 7) is 6.41. The molecule has 0 spiro atoms.